The highest BCUT2D eigenvalue weighted by Gasteiger charge is 2.23. The van der Waals surface area contributed by atoms with Crippen molar-refractivity contribution in [3.63, 3.8) is 0 Å². The van der Waals surface area contributed by atoms with Crippen LogP contribution in [0.5, 0.6) is 11.5 Å². The van der Waals surface area contributed by atoms with Gasteiger partial charge in [-0.1, -0.05) is 50.6 Å². The fraction of sp³-hybridized carbons (Fsp3) is 0.350. The fourth-order valence-electron chi connectivity index (χ4n) is 2.63. The predicted molar refractivity (Wildman–Crippen MR) is 102 cm³/mol. The van der Waals surface area contributed by atoms with E-state index in [1.807, 2.05) is 0 Å². The highest BCUT2D eigenvalue weighted by molar-refractivity contribution is 7.86. The summed E-state index contributed by atoms with van der Waals surface area (Å²) < 4.78 is 38.4. The molecule has 0 amide bonds. The topological polar surface area (TPSA) is 101 Å². The van der Waals surface area contributed by atoms with Crippen molar-refractivity contribution < 1.29 is 27.6 Å². The molecule has 0 saturated heterocycles. The van der Waals surface area contributed by atoms with Crippen LogP contribution in [0, 0.1) is 5.92 Å². The monoisotopic (exact) mass is 392 g/mol. The van der Waals surface area contributed by atoms with Gasteiger partial charge in [0.1, 0.15) is 16.4 Å². The van der Waals surface area contributed by atoms with Gasteiger partial charge in [0.05, 0.1) is 12.2 Å². The number of hydrogen-bond acceptors (Lipinski definition) is 5. The summed E-state index contributed by atoms with van der Waals surface area (Å²) in [5.74, 6) is -0.579. The minimum atomic E-state index is -4.63. The summed E-state index contributed by atoms with van der Waals surface area (Å²) in [4.78, 5) is 12.0. The van der Waals surface area contributed by atoms with E-state index in [1.165, 1.54) is 0 Å². The Hall–Kier alpha value is -2.38. The van der Waals surface area contributed by atoms with Gasteiger partial charge in [-0.15, -0.1) is 0 Å². The Balaban J connectivity index is 2.28. The third kappa shape index (κ3) is 5.80. The van der Waals surface area contributed by atoms with E-state index in [-0.39, 0.29) is 23.5 Å². The van der Waals surface area contributed by atoms with Crippen LogP contribution in [0.15, 0.2) is 47.4 Å². The number of phenolic OH excluding ortho intramolecular Hbond substituents is 1. The maximum absolute atomic E-state index is 12.5. The van der Waals surface area contributed by atoms with Gasteiger partial charge in [-0.05, 0) is 24.8 Å². The van der Waals surface area contributed by atoms with E-state index in [0.29, 0.717) is 12.3 Å². The van der Waals surface area contributed by atoms with Crippen molar-refractivity contribution in [2.24, 2.45) is 5.92 Å². The van der Waals surface area contributed by atoms with Crippen LogP contribution in [0.3, 0.4) is 0 Å². The van der Waals surface area contributed by atoms with Gasteiger partial charge < -0.3 is 9.84 Å². The normalized spacial score (nSPS) is 11.6. The molecule has 7 heteroatoms. The number of aromatic hydroxyl groups is 1. The van der Waals surface area contributed by atoms with Crippen LogP contribution in [0.25, 0.3) is 0 Å². The van der Waals surface area contributed by atoms with Gasteiger partial charge in [0, 0.05) is 11.6 Å². The fourth-order valence-corrected chi connectivity index (χ4v) is 3.27. The van der Waals surface area contributed by atoms with Crippen molar-refractivity contribution in [3.8, 4) is 11.5 Å². The number of carbonyl (C=O) groups is 1. The molecule has 2 aromatic carbocycles. The largest absolute Gasteiger partial charge is 0.507 e. The number of rotatable bonds is 9. The van der Waals surface area contributed by atoms with Crippen LogP contribution in [0.2, 0.25) is 0 Å². The smallest absolute Gasteiger partial charge is 0.298 e. The van der Waals surface area contributed by atoms with E-state index in [2.05, 4.69) is 13.8 Å². The lowest BCUT2D eigenvalue weighted by Gasteiger charge is -2.13. The summed E-state index contributed by atoms with van der Waals surface area (Å²) in [7, 11) is -4.63. The Morgan fingerprint density at radius 1 is 1.11 bits per heavy atom. The molecule has 146 valence electrons. The van der Waals surface area contributed by atoms with Crippen LogP contribution >= 0.6 is 0 Å². The molecule has 0 radical (unpaired) electrons. The number of unbranched alkanes of at least 4 members (excludes halogenated alkanes) is 1. The zero-order chi connectivity index (χ0) is 20.0. The molecule has 0 aliphatic heterocycles. The third-order valence-electron chi connectivity index (χ3n) is 4.05. The molecule has 6 nitrogen and oxygen atoms in total. The molecule has 0 aromatic heterocycles. The third-order valence-corrected chi connectivity index (χ3v) is 4.93. The van der Waals surface area contributed by atoms with Crippen LogP contribution < -0.4 is 4.74 Å². The summed E-state index contributed by atoms with van der Waals surface area (Å²) in [6.45, 7) is 4.45. The summed E-state index contributed by atoms with van der Waals surface area (Å²) in [5, 5.41) is 10.2. The molecule has 0 bridgehead atoms. The van der Waals surface area contributed by atoms with Crippen molar-refractivity contribution >= 4 is 15.9 Å². The molecule has 0 fully saturated rings. The molecular weight excluding hydrogens is 368 g/mol. The molecule has 0 heterocycles. The Morgan fingerprint density at radius 2 is 1.78 bits per heavy atom. The van der Waals surface area contributed by atoms with Crippen LogP contribution in [0.1, 0.15) is 49.0 Å². The number of phenols is 1. The van der Waals surface area contributed by atoms with Crippen LogP contribution in [-0.2, 0) is 10.1 Å². The maximum atomic E-state index is 12.5. The summed E-state index contributed by atoms with van der Waals surface area (Å²) >= 11 is 0. The Kier molecular flexibility index (Phi) is 6.98. The lowest BCUT2D eigenvalue weighted by atomic mass is 10.0. The number of ketones is 1. The van der Waals surface area contributed by atoms with Crippen molar-refractivity contribution in [2.75, 3.05) is 6.61 Å². The predicted octanol–water partition coefficient (Wildman–Crippen LogP) is 4.08. The van der Waals surface area contributed by atoms with Gasteiger partial charge in [0.15, 0.2) is 5.78 Å². The zero-order valence-electron chi connectivity index (χ0n) is 15.4. The zero-order valence-corrected chi connectivity index (χ0v) is 16.2. The number of carbonyl (C=O) groups excluding carboxylic acids is 1. The van der Waals surface area contributed by atoms with E-state index in [9.17, 15) is 22.9 Å². The van der Waals surface area contributed by atoms with E-state index >= 15 is 0 Å². The lowest BCUT2D eigenvalue weighted by Crippen LogP contribution is -2.09. The minimum Gasteiger partial charge on any atom is -0.507 e. The standard InChI is InChI=1S/C20H24O6S/c1-14(2)8-6-7-11-26-18-13-17(21)16(12-19(18)27(23,24)25)20(22)15-9-4-3-5-10-15/h3-5,9-10,12-14,21H,6-8,11H2,1-2H3,(H,23,24,25). The van der Waals surface area contributed by atoms with E-state index in [4.69, 9.17) is 4.74 Å². The van der Waals surface area contributed by atoms with E-state index in [0.717, 1.165) is 25.0 Å². The molecule has 2 rings (SSSR count). The SMILES string of the molecule is CC(C)CCCCOc1cc(O)c(C(=O)c2ccccc2)cc1S(=O)(=O)O. The van der Waals surface area contributed by atoms with Crippen molar-refractivity contribution in [1.29, 1.82) is 0 Å². The first-order chi connectivity index (χ1) is 12.7. The van der Waals surface area contributed by atoms with E-state index < -0.39 is 26.5 Å². The van der Waals surface area contributed by atoms with Crippen molar-refractivity contribution in [1.82, 2.24) is 0 Å². The molecule has 27 heavy (non-hydrogen) atoms. The highest BCUT2D eigenvalue weighted by atomic mass is 32.2. The summed E-state index contributed by atoms with van der Waals surface area (Å²) in [5.41, 5.74) is 0.0671. The van der Waals surface area contributed by atoms with Crippen molar-refractivity contribution in [2.45, 2.75) is 38.0 Å². The van der Waals surface area contributed by atoms with Crippen molar-refractivity contribution in [3.05, 3.63) is 53.6 Å². The lowest BCUT2D eigenvalue weighted by molar-refractivity contribution is 0.103. The van der Waals surface area contributed by atoms with Gasteiger partial charge in [0.25, 0.3) is 10.1 Å². The molecule has 2 aromatic rings. The van der Waals surface area contributed by atoms with Gasteiger partial charge >= 0.3 is 0 Å². The number of benzene rings is 2. The average molecular weight is 392 g/mol. The number of hydrogen-bond donors (Lipinski definition) is 2. The number of ether oxygens (including phenoxy) is 1. The van der Waals surface area contributed by atoms with Crippen LogP contribution in [-0.4, -0.2) is 30.5 Å². The second-order valence-electron chi connectivity index (χ2n) is 6.72. The first-order valence-electron chi connectivity index (χ1n) is 8.77. The maximum Gasteiger partial charge on any atom is 0.298 e. The highest BCUT2D eigenvalue weighted by Crippen LogP contribution is 2.33. The molecule has 0 saturated carbocycles. The second kappa shape index (κ2) is 9.01. The molecule has 0 aliphatic rings. The quantitative estimate of drug-likeness (QED) is 0.379. The average Bonchev–Trinajstić information content (AvgIpc) is 2.60. The molecule has 0 unspecified atom stereocenters. The van der Waals surface area contributed by atoms with Gasteiger partial charge in [-0.2, -0.15) is 8.42 Å². The van der Waals surface area contributed by atoms with Gasteiger partial charge in [0.2, 0.25) is 0 Å². The Labute approximate surface area is 159 Å². The Morgan fingerprint density at radius 3 is 2.37 bits per heavy atom. The minimum absolute atomic E-state index is 0.177. The van der Waals surface area contributed by atoms with E-state index in [1.54, 1.807) is 30.3 Å². The second-order valence-corrected chi connectivity index (χ2v) is 8.11. The molecule has 2 N–H and O–H groups in total. The molecule has 0 spiro atoms. The van der Waals surface area contributed by atoms with Gasteiger partial charge in [-0.3, -0.25) is 9.35 Å². The molecule has 0 atom stereocenters. The summed E-state index contributed by atoms with van der Waals surface area (Å²) in [6, 6.07) is 10.1. The first-order valence-corrected chi connectivity index (χ1v) is 10.2. The Bertz CT molecular complexity index is 888. The summed E-state index contributed by atoms with van der Waals surface area (Å²) in [6.07, 6.45) is 2.63. The first kappa shape index (κ1) is 20.9. The molecule has 0 aliphatic carbocycles. The van der Waals surface area contributed by atoms with Gasteiger partial charge in [-0.25, -0.2) is 0 Å². The van der Waals surface area contributed by atoms with Crippen LogP contribution in [0.4, 0.5) is 0 Å². The molecular formula is C20H24O6S.